The maximum atomic E-state index is 12.1. The summed E-state index contributed by atoms with van der Waals surface area (Å²) in [6.45, 7) is 9.88. The first-order chi connectivity index (χ1) is 8.99. The molecule has 0 aliphatic rings. The first-order valence-corrected chi connectivity index (χ1v) is 6.33. The Labute approximate surface area is 113 Å². The number of aliphatic hydroxyl groups excluding tert-OH is 1. The molecule has 2 amide bonds. The zero-order valence-electron chi connectivity index (χ0n) is 11.8. The van der Waals surface area contributed by atoms with Gasteiger partial charge in [0.1, 0.15) is 11.5 Å². The third-order valence-electron chi connectivity index (χ3n) is 2.89. The summed E-state index contributed by atoms with van der Waals surface area (Å²) >= 11 is 0. The molecule has 0 fully saturated rings. The molecular weight excluding hydrogens is 244 g/mol. The maximum absolute atomic E-state index is 12.1. The predicted molar refractivity (Wildman–Crippen MR) is 74.0 cm³/mol. The summed E-state index contributed by atoms with van der Waals surface area (Å²) in [5.41, 5.74) is 0.966. The van der Waals surface area contributed by atoms with Crippen LogP contribution in [0, 0.1) is 13.8 Å². The van der Waals surface area contributed by atoms with E-state index in [2.05, 4.69) is 11.9 Å². The van der Waals surface area contributed by atoms with Gasteiger partial charge in [-0.15, -0.1) is 6.58 Å². The van der Waals surface area contributed by atoms with Crippen molar-refractivity contribution in [1.29, 1.82) is 0 Å². The van der Waals surface area contributed by atoms with Crippen LogP contribution in [0.2, 0.25) is 0 Å². The van der Waals surface area contributed by atoms with Gasteiger partial charge in [-0.1, -0.05) is 6.08 Å². The topological polar surface area (TPSA) is 65.7 Å². The molecule has 0 saturated carbocycles. The fraction of sp³-hybridized carbons (Fsp3) is 0.500. The van der Waals surface area contributed by atoms with Crippen LogP contribution in [0.3, 0.4) is 0 Å². The summed E-state index contributed by atoms with van der Waals surface area (Å²) in [6, 6.07) is 1.56. The second kappa shape index (κ2) is 6.99. The quantitative estimate of drug-likeness (QED) is 0.775. The fourth-order valence-electron chi connectivity index (χ4n) is 1.99. The summed E-state index contributed by atoms with van der Waals surface area (Å²) in [5, 5.41) is 11.8. The van der Waals surface area contributed by atoms with Crippen molar-refractivity contribution in [3.8, 4) is 0 Å². The second-order valence-electron chi connectivity index (χ2n) is 4.50. The molecule has 0 aromatic carbocycles. The van der Waals surface area contributed by atoms with Gasteiger partial charge in [0.05, 0.1) is 12.6 Å². The molecule has 106 valence electrons. The van der Waals surface area contributed by atoms with E-state index in [-0.39, 0.29) is 25.2 Å². The van der Waals surface area contributed by atoms with E-state index < -0.39 is 0 Å². The molecule has 5 heteroatoms. The van der Waals surface area contributed by atoms with Crippen molar-refractivity contribution in [3.05, 3.63) is 35.8 Å². The Morgan fingerprint density at radius 1 is 1.63 bits per heavy atom. The SMILES string of the molecule is C=CCN(CCO)C(=O)NC(C)c1cc(C)oc1C. The number of carbonyl (C=O) groups is 1. The zero-order chi connectivity index (χ0) is 14.4. The molecule has 0 bridgehead atoms. The Kier molecular flexibility index (Phi) is 5.63. The number of nitrogens with one attached hydrogen (secondary N) is 1. The number of urea groups is 1. The number of hydrogen-bond acceptors (Lipinski definition) is 3. The van der Waals surface area contributed by atoms with Gasteiger partial charge in [-0.2, -0.15) is 0 Å². The highest BCUT2D eigenvalue weighted by molar-refractivity contribution is 5.74. The summed E-state index contributed by atoms with van der Waals surface area (Å²) < 4.78 is 5.45. The second-order valence-corrected chi connectivity index (χ2v) is 4.50. The van der Waals surface area contributed by atoms with Crippen LogP contribution >= 0.6 is 0 Å². The highest BCUT2D eigenvalue weighted by Gasteiger charge is 2.18. The van der Waals surface area contributed by atoms with Crippen molar-refractivity contribution in [2.45, 2.75) is 26.8 Å². The third-order valence-corrected chi connectivity index (χ3v) is 2.89. The molecule has 1 aromatic rings. The lowest BCUT2D eigenvalue weighted by Gasteiger charge is -2.23. The minimum Gasteiger partial charge on any atom is -0.466 e. The van der Waals surface area contributed by atoms with Gasteiger partial charge < -0.3 is 19.7 Å². The van der Waals surface area contributed by atoms with Crippen LogP contribution in [0.4, 0.5) is 4.79 Å². The summed E-state index contributed by atoms with van der Waals surface area (Å²) in [4.78, 5) is 13.6. The van der Waals surface area contributed by atoms with Crippen molar-refractivity contribution in [2.24, 2.45) is 0 Å². The molecular formula is C14H22N2O3. The van der Waals surface area contributed by atoms with Gasteiger partial charge >= 0.3 is 6.03 Å². The standard InChI is InChI=1S/C14H22N2O3/c1-5-6-16(7-8-17)14(18)15-11(3)13-9-10(2)19-12(13)4/h5,9,11,17H,1,6-8H2,2-4H3,(H,15,18). The largest absolute Gasteiger partial charge is 0.466 e. The van der Waals surface area contributed by atoms with Crippen LogP contribution in [-0.4, -0.2) is 35.7 Å². The van der Waals surface area contributed by atoms with Crippen molar-refractivity contribution in [3.63, 3.8) is 0 Å². The molecule has 19 heavy (non-hydrogen) atoms. The van der Waals surface area contributed by atoms with Gasteiger partial charge in [-0.05, 0) is 26.8 Å². The summed E-state index contributed by atoms with van der Waals surface area (Å²) in [6.07, 6.45) is 1.63. The molecule has 1 unspecified atom stereocenters. The molecule has 0 aliphatic carbocycles. The van der Waals surface area contributed by atoms with E-state index in [1.165, 1.54) is 4.90 Å². The van der Waals surface area contributed by atoms with E-state index in [1.54, 1.807) is 6.08 Å². The summed E-state index contributed by atoms with van der Waals surface area (Å²) in [5.74, 6) is 1.63. The molecule has 2 N–H and O–H groups in total. The molecule has 1 heterocycles. The van der Waals surface area contributed by atoms with Crippen molar-refractivity contribution < 1.29 is 14.3 Å². The Bertz CT molecular complexity index is 440. The fourth-order valence-corrected chi connectivity index (χ4v) is 1.99. The van der Waals surface area contributed by atoms with Crippen molar-refractivity contribution >= 4 is 6.03 Å². The molecule has 0 aliphatic heterocycles. The minimum absolute atomic E-state index is 0.0700. The highest BCUT2D eigenvalue weighted by Crippen LogP contribution is 2.21. The van der Waals surface area contributed by atoms with E-state index in [4.69, 9.17) is 9.52 Å². The molecule has 0 saturated heterocycles. The Morgan fingerprint density at radius 3 is 2.79 bits per heavy atom. The minimum atomic E-state index is -0.222. The summed E-state index contributed by atoms with van der Waals surface area (Å²) in [7, 11) is 0. The number of furan rings is 1. The monoisotopic (exact) mass is 266 g/mol. The number of hydrogen-bond donors (Lipinski definition) is 2. The van der Waals surface area contributed by atoms with E-state index in [0.29, 0.717) is 6.54 Å². The van der Waals surface area contributed by atoms with Crippen molar-refractivity contribution in [1.82, 2.24) is 10.2 Å². The Balaban J connectivity index is 2.69. The number of amides is 2. The lowest BCUT2D eigenvalue weighted by atomic mass is 10.1. The zero-order valence-corrected chi connectivity index (χ0v) is 11.8. The van der Waals surface area contributed by atoms with E-state index in [1.807, 2.05) is 26.8 Å². The maximum Gasteiger partial charge on any atom is 0.318 e. The van der Waals surface area contributed by atoms with Gasteiger partial charge in [0, 0.05) is 18.7 Å². The van der Waals surface area contributed by atoms with Gasteiger partial charge in [-0.25, -0.2) is 4.79 Å². The number of nitrogens with zero attached hydrogens (tertiary/aromatic N) is 1. The number of aryl methyl sites for hydroxylation is 2. The normalized spacial score (nSPS) is 12.0. The van der Waals surface area contributed by atoms with E-state index in [9.17, 15) is 4.79 Å². The first kappa shape index (κ1) is 15.3. The molecule has 1 rings (SSSR count). The smallest absolute Gasteiger partial charge is 0.318 e. The lowest BCUT2D eigenvalue weighted by Crippen LogP contribution is -2.42. The number of rotatable bonds is 6. The van der Waals surface area contributed by atoms with Crippen LogP contribution in [-0.2, 0) is 0 Å². The lowest BCUT2D eigenvalue weighted by molar-refractivity contribution is 0.181. The molecule has 0 radical (unpaired) electrons. The van der Waals surface area contributed by atoms with Crippen LogP contribution in [0.1, 0.15) is 30.0 Å². The first-order valence-electron chi connectivity index (χ1n) is 6.33. The van der Waals surface area contributed by atoms with Gasteiger partial charge in [0.15, 0.2) is 0 Å². The average Bonchev–Trinajstić information content (AvgIpc) is 2.68. The highest BCUT2D eigenvalue weighted by atomic mass is 16.3. The van der Waals surface area contributed by atoms with Gasteiger partial charge in [0.2, 0.25) is 0 Å². The molecule has 1 aromatic heterocycles. The van der Waals surface area contributed by atoms with Crippen molar-refractivity contribution in [2.75, 3.05) is 19.7 Å². The van der Waals surface area contributed by atoms with Crippen LogP contribution in [0.25, 0.3) is 0 Å². The van der Waals surface area contributed by atoms with Crippen LogP contribution < -0.4 is 5.32 Å². The molecule has 5 nitrogen and oxygen atoms in total. The average molecular weight is 266 g/mol. The van der Waals surface area contributed by atoms with Crippen LogP contribution in [0.5, 0.6) is 0 Å². The number of aliphatic hydroxyl groups is 1. The molecule has 0 spiro atoms. The van der Waals surface area contributed by atoms with E-state index >= 15 is 0 Å². The predicted octanol–water partition coefficient (Wildman–Crippen LogP) is 2.15. The van der Waals surface area contributed by atoms with Crippen LogP contribution in [0.15, 0.2) is 23.1 Å². The Morgan fingerprint density at radius 2 is 2.32 bits per heavy atom. The van der Waals surface area contributed by atoms with Gasteiger partial charge in [0.25, 0.3) is 0 Å². The molecule has 1 atom stereocenters. The Hall–Kier alpha value is -1.75. The van der Waals surface area contributed by atoms with Gasteiger partial charge in [-0.3, -0.25) is 0 Å². The number of carbonyl (C=O) groups excluding carboxylic acids is 1. The van der Waals surface area contributed by atoms with E-state index in [0.717, 1.165) is 17.1 Å². The third kappa shape index (κ3) is 4.13.